The monoisotopic (exact) mass is 550 g/mol. The van der Waals surface area contributed by atoms with Gasteiger partial charge in [0.15, 0.2) is 0 Å². The fourth-order valence-electron chi connectivity index (χ4n) is 4.85. The van der Waals surface area contributed by atoms with Crippen LogP contribution in [0.4, 0.5) is 0 Å². The molecule has 0 aromatic heterocycles. The molecule has 4 rings (SSSR count). The van der Waals surface area contributed by atoms with Crippen molar-refractivity contribution in [2.24, 2.45) is 0 Å². The van der Waals surface area contributed by atoms with Crippen molar-refractivity contribution in [1.29, 1.82) is 0 Å². The second-order valence-electron chi connectivity index (χ2n) is 9.69. The number of carbonyl (C=O) groups excluding carboxylic acids is 2. The first-order valence-corrected chi connectivity index (χ1v) is 14.6. The minimum atomic E-state index is -0.622. The molecule has 0 heterocycles. The Bertz CT molecular complexity index is 1200. The Morgan fingerprint density at radius 3 is 2.42 bits per heavy atom. The number of hydrogen-bond acceptors (Lipinski definition) is 4. The third kappa shape index (κ3) is 8.27. The van der Waals surface area contributed by atoms with Crippen LogP contribution in [-0.2, 0) is 28.3 Å². The number of nitrogens with one attached hydrogen (secondary N) is 1. The van der Waals surface area contributed by atoms with Gasteiger partial charge >= 0.3 is 0 Å². The van der Waals surface area contributed by atoms with Crippen molar-refractivity contribution in [3.8, 4) is 5.75 Å². The van der Waals surface area contributed by atoms with Crippen molar-refractivity contribution in [3.63, 3.8) is 0 Å². The highest BCUT2D eigenvalue weighted by Crippen LogP contribution is 2.23. The summed E-state index contributed by atoms with van der Waals surface area (Å²) in [6.07, 6.45) is 4.68. The maximum Gasteiger partial charge on any atom is 0.243 e. The highest BCUT2D eigenvalue weighted by atomic mass is 35.5. The molecule has 0 unspecified atom stereocenters. The van der Waals surface area contributed by atoms with Gasteiger partial charge in [-0.3, -0.25) is 9.59 Å². The Balaban J connectivity index is 1.57. The zero-order chi connectivity index (χ0) is 26.7. The second-order valence-corrected chi connectivity index (χ2v) is 11.1. The van der Waals surface area contributed by atoms with E-state index in [0.29, 0.717) is 23.7 Å². The summed E-state index contributed by atoms with van der Waals surface area (Å²) in [5.74, 6) is 1.49. The van der Waals surface area contributed by atoms with E-state index >= 15 is 0 Å². The largest absolute Gasteiger partial charge is 0.497 e. The molecule has 2 amide bonds. The lowest BCUT2D eigenvalue weighted by molar-refractivity contribution is -0.139. The molecule has 0 bridgehead atoms. The number of carbonyl (C=O) groups is 2. The standard InChI is InChI=1S/C31H35ClN2O3S/c1-37-28-16-8-11-24(18-28)20-34(30(35)22-38-21-25-12-7-13-26(32)17-25)29(19-23-9-3-2-4-10-23)31(36)33-27-14-5-6-15-27/h2-4,7-13,16-18,27,29H,5-6,14-15,19-22H2,1H3,(H,33,36)/t29-/m1/s1. The van der Waals surface area contributed by atoms with Gasteiger partial charge in [-0.05, 0) is 53.8 Å². The van der Waals surface area contributed by atoms with Crippen LogP contribution in [0, 0.1) is 0 Å². The summed E-state index contributed by atoms with van der Waals surface area (Å²) < 4.78 is 5.42. The van der Waals surface area contributed by atoms with E-state index in [4.69, 9.17) is 16.3 Å². The topological polar surface area (TPSA) is 58.6 Å². The fraction of sp³-hybridized carbons (Fsp3) is 0.355. The van der Waals surface area contributed by atoms with Crippen LogP contribution in [0.2, 0.25) is 5.02 Å². The van der Waals surface area contributed by atoms with Crippen LogP contribution in [0.3, 0.4) is 0 Å². The molecule has 1 N–H and O–H groups in total. The van der Waals surface area contributed by atoms with Crippen LogP contribution in [0.15, 0.2) is 78.9 Å². The Morgan fingerprint density at radius 1 is 0.974 bits per heavy atom. The van der Waals surface area contributed by atoms with Gasteiger partial charge in [-0.25, -0.2) is 0 Å². The molecule has 1 fully saturated rings. The van der Waals surface area contributed by atoms with Crippen molar-refractivity contribution in [2.75, 3.05) is 12.9 Å². The van der Waals surface area contributed by atoms with E-state index in [1.807, 2.05) is 78.9 Å². The van der Waals surface area contributed by atoms with Crippen molar-refractivity contribution in [3.05, 3.63) is 101 Å². The van der Waals surface area contributed by atoms with Crippen molar-refractivity contribution < 1.29 is 14.3 Å². The van der Waals surface area contributed by atoms with Gasteiger partial charge in [0.05, 0.1) is 12.9 Å². The molecular weight excluding hydrogens is 516 g/mol. The fourth-order valence-corrected chi connectivity index (χ4v) is 5.93. The Hall–Kier alpha value is -2.96. The molecule has 3 aromatic rings. The van der Waals surface area contributed by atoms with Crippen LogP contribution in [0.25, 0.3) is 0 Å². The molecule has 0 aliphatic heterocycles. The number of thioether (sulfide) groups is 1. The van der Waals surface area contributed by atoms with E-state index in [9.17, 15) is 9.59 Å². The SMILES string of the molecule is COc1cccc(CN(C(=O)CSCc2cccc(Cl)c2)[C@H](Cc2ccccc2)C(=O)NC2CCCC2)c1. The minimum absolute atomic E-state index is 0.0673. The van der Waals surface area contributed by atoms with Crippen molar-refractivity contribution in [2.45, 2.75) is 56.5 Å². The lowest BCUT2D eigenvalue weighted by Gasteiger charge is -2.32. The van der Waals surface area contributed by atoms with Gasteiger partial charge in [-0.1, -0.05) is 79.0 Å². The molecule has 0 saturated heterocycles. The lowest BCUT2D eigenvalue weighted by Crippen LogP contribution is -2.52. The number of halogens is 1. The predicted octanol–water partition coefficient (Wildman–Crippen LogP) is 6.28. The number of amides is 2. The molecule has 200 valence electrons. The quantitative estimate of drug-likeness (QED) is 0.288. The van der Waals surface area contributed by atoms with Crippen LogP contribution in [0.5, 0.6) is 5.75 Å². The molecule has 0 radical (unpaired) electrons. The third-order valence-corrected chi connectivity index (χ3v) is 8.07. The Morgan fingerprint density at radius 2 is 1.68 bits per heavy atom. The third-order valence-electron chi connectivity index (χ3n) is 6.84. The molecule has 1 saturated carbocycles. The zero-order valence-corrected chi connectivity index (χ0v) is 23.3. The number of nitrogens with zero attached hydrogens (tertiary/aromatic N) is 1. The summed E-state index contributed by atoms with van der Waals surface area (Å²) in [6, 6.07) is 24.8. The van der Waals surface area contributed by atoms with E-state index in [2.05, 4.69) is 5.32 Å². The first-order valence-electron chi connectivity index (χ1n) is 13.1. The van der Waals surface area contributed by atoms with E-state index in [1.165, 1.54) is 11.8 Å². The van der Waals surface area contributed by atoms with E-state index in [-0.39, 0.29) is 23.6 Å². The van der Waals surface area contributed by atoms with Gasteiger partial charge < -0.3 is 15.0 Å². The van der Waals surface area contributed by atoms with Crippen LogP contribution >= 0.6 is 23.4 Å². The van der Waals surface area contributed by atoms with E-state index in [1.54, 1.807) is 12.0 Å². The molecule has 1 aliphatic rings. The van der Waals surface area contributed by atoms with Gasteiger partial charge in [0.2, 0.25) is 11.8 Å². The molecule has 5 nitrogen and oxygen atoms in total. The summed E-state index contributed by atoms with van der Waals surface area (Å²) in [5, 5.41) is 3.93. The molecule has 1 aliphatic carbocycles. The smallest absolute Gasteiger partial charge is 0.243 e. The summed E-state index contributed by atoms with van der Waals surface area (Å²) in [7, 11) is 1.63. The summed E-state index contributed by atoms with van der Waals surface area (Å²) in [5.41, 5.74) is 3.01. The van der Waals surface area contributed by atoms with Gasteiger partial charge in [-0.2, -0.15) is 0 Å². The van der Waals surface area contributed by atoms with Crippen LogP contribution in [0.1, 0.15) is 42.4 Å². The first kappa shape index (κ1) is 28.1. The number of ether oxygens (including phenoxy) is 1. The highest BCUT2D eigenvalue weighted by molar-refractivity contribution is 7.99. The Kier molecular flexibility index (Phi) is 10.5. The average Bonchev–Trinajstić information content (AvgIpc) is 3.44. The minimum Gasteiger partial charge on any atom is -0.497 e. The lowest BCUT2D eigenvalue weighted by atomic mass is 10.0. The second kappa shape index (κ2) is 14.3. The number of rotatable bonds is 12. The normalized spacial score (nSPS) is 14.2. The number of hydrogen-bond donors (Lipinski definition) is 1. The van der Waals surface area contributed by atoms with Gasteiger partial charge in [0.25, 0.3) is 0 Å². The highest BCUT2D eigenvalue weighted by Gasteiger charge is 2.32. The Labute approximate surface area is 234 Å². The number of benzene rings is 3. The zero-order valence-electron chi connectivity index (χ0n) is 21.8. The van der Waals surface area contributed by atoms with Crippen LogP contribution < -0.4 is 10.1 Å². The van der Waals surface area contributed by atoms with Gasteiger partial charge in [0, 0.05) is 29.8 Å². The van der Waals surface area contributed by atoms with E-state index < -0.39 is 6.04 Å². The summed E-state index contributed by atoms with van der Waals surface area (Å²) in [6.45, 7) is 0.323. The van der Waals surface area contributed by atoms with Gasteiger partial charge in [0.1, 0.15) is 11.8 Å². The maximum atomic E-state index is 13.8. The predicted molar refractivity (Wildman–Crippen MR) is 155 cm³/mol. The number of methoxy groups -OCH3 is 1. The van der Waals surface area contributed by atoms with Gasteiger partial charge in [-0.15, -0.1) is 11.8 Å². The average molecular weight is 551 g/mol. The molecule has 3 aromatic carbocycles. The van der Waals surface area contributed by atoms with Crippen molar-refractivity contribution >= 4 is 35.2 Å². The molecule has 0 spiro atoms. The summed E-state index contributed by atoms with van der Waals surface area (Å²) in [4.78, 5) is 29.3. The summed E-state index contributed by atoms with van der Waals surface area (Å²) >= 11 is 7.67. The maximum absolute atomic E-state index is 13.8. The van der Waals surface area contributed by atoms with Crippen LogP contribution in [-0.4, -0.2) is 41.7 Å². The van der Waals surface area contributed by atoms with E-state index in [0.717, 1.165) is 48.1 Å². The molecule has 38 heavy (non-hydrogen) atoms. The first-order chi connectivity index (χ1) is 18.5. The molecule has 7 heteroatoms. The molecular formula is C31H35ClN2O3S. The molecule has 1 atom stereocenters. The van der Waals surface area contributed by atoms with Crippen molar-refractivity contribution in [1.82, 2.24) is 10.2 Å².